The molecular weight excluding hydrogens is 702 g/mol. The summed E-state index contributed by atoms with van der Waals surface area (Å²) in [5, 5.41) is 0. The summed E-state index contributed by atoms with van der Waals surface area (Å²) in [6.45, 7) is 8.68. The Labute approximate surface area is 316 Å². The number of rotatable bonds is 10. The highest BCUT2D eigenvalue weighted by Crippen LogP contribution is 2.48. The van der Waals surface area contributed by atoms with Gasteiger partial charge in [-0.05, 0) is 84.2 Å². The van der Waals surface area contributed by atoms with Crippen LogP contribution in [-0.4, -0.2) is 32.8 Å². The van der Waals surface area contributed by atoms with Crippen LogP contribution in [0.3, 0.4) is 0 Å². The van der Waals surface area contributed by atoms with Crippen LogP contribution in [0.25, 0.3) is 74.6 Å². The van der Waals surface area contributed by atoms with Crippen molar-refractivity contribution >= 4 is 71.6 Å². The van der Waals surface area contributed by atoms with Gasteiger partial charge >= 0.3 is 0 Å². The van der Waals surface area contributed by atoms with Gasteiger partial charge in [0.25, 0.3) is 0 Å². The van der Waals surface area contributed by atoms with Gasteiger partial charge in [0.15, 0.2) is 0 Å². The third kappa shape index (κ3) is 6.29. The van der Waals surface area contributed by atoms with E-state index in [9.17, 15) is 0 Å². The van der Waals surface area contributed by atoms with Gasteiger partial charge < -0.3 is 4.90 Å². The second-order valence-electron chi connectivity index (χ2n) is 13.9. The Kier molecular flexibility index (Phi) is 9.36. The molecule has 0 atom stereocenters. The Morgan fingerprint density at radius 2 is 1.21 bits per heavy atom. The molecule has 4 heterocycles. The zero-order valence-corrected chi connectivity index (χ0v) is 32.7. The normalized spacial score (nSPS) is 11.8. The molecule has 4 aromatic carbocycles. The van der Waals surface area contributed by atoms with Crippen LogP contribution >= 0.6 is 34.4 Å². The highest BCUT2D eigenvalue weighted by atomic mass is 32.1. The van der Waals surface area contributed by atoms with Gasteiger partial charge in [0.1, 0.15) is 22.4 Å². The fraction of sp³-hybridized carbons (Fsp3) is 0.256. The smallest absolute Gasteiger partial charge is 0.132 e. The van der Waals surface area contributed by atoms with E-state index in [1.807, 2.05) is 6.07 Å². The lowest BCUT2D eigenvalue weighted by Gasteiger charge is -2.15. The van der Waals surface area contributed by atoms with E-state index in [-0.39, 0.29) is 5.82 Å². The van der Waals surface area contributed by atoms with Gasteiger partial charge in [-0.25, -0.2) is 14.4 Å². The van der Waals surface area contributed by atoms with Crippen LogP contribution in [-0.2, 0) is 19.3 Å². The summed E-state index contributed by atoms with van der Waals surface area (Å²) in [7, 11) is 4.11. The molecule has 0 spiro atoms. The van der Waals surface area contributed by atoms with Gasteiger partial charge in [0.05, 0.1) is 28.6 Å². The topological polar surface area (TPSA) is 54.8 Å². The lowest BCUT2D eigenvalue weighted by molar-refractivity contribution is 0.582. The van der Waals surface area contributed by atoms with Gasteiger partial charge in [-0.15, -0.1) is 22.7 Å². The van der Waals surface area contributed by atoms with Crippen LogP contribution < -0.4 is 4.90 Å². The average molecular weight is 742 g/mol. The molecule has 0 bridgehead atoms. The van der Waals surface area contributed by atoms with Gasteiger partial charge in [0.2, 0.25) is 0 Å². The van der Waals surface area contributed by atoms with E-state index in [1.165, 1.54) is 23.0 Å². The molecule has 0 amide bonds. The molecule has 0 saturated carbocycles. The Balaban J connectivity index is 1.24. The molecule has 9 heteroatoms. The number of nitrogens with zero attached hydrogens (tertiary/aromatic N) is 5. The summed E-state index contributed by atoms with van der Waals surface area (Å²) in [6, 6.07) is 27.4. The highest BCUT2D eigenvalue weighted by molar-refractivity contribution is 7.31. The van der Waals surface area contributed by atoms with Crippen molar-refractivity contribution in [2.45, 2.75) is 53.4 Å². The van der Waals surface area contributed by atoms with Crippen LogP contribution in [0.15, 0.2) is 78.9 Å². The molecule has 0 N–H and O–H groups in total. The molecule has 8 aromatic rings. The summed E-state index contributed by atoms with van der Waals surface area (Å²) in [6.07, 6.45) is 3.53. The largest absolute Gasteiger partial charge is 0.378 e. The fourth-order valence-electron chi connectivity index (χ4n) is 6.91. The number of anilines is 1. The molecule has 0 fully saturated rings. The molecule has 262 valence electrons. The maximum atomic E-state index is 15.4. The zero-order valence-electron chi connectivity index (χ0n) is 30.3. The Hall–Kier alpha value is -4.57. The number of hydrogen-bond donors (Lipinski definition) is 0. The summed E-state index contributed by atoms with van der Waals surface area (Å²) in [4.78, 5) is 14.8. The number of aryl methyl sites for hydroxylation is 3. The maximum Gasteiger partial charge on any atom is 0.132 e. The Morgan fingerprint density at radius 1 is 0.654 bits per heavy atom. The quantitative estimate of drug-likeness (QED) is 0.140. The minimum Gasteiger partial charge on any atom is -0.378 e. The van der Waals surface area contributed by atoms with Crippen LogP contribution in [0.2, 0.25) is 0 Å². The molecule has 0 saturated heterocycles. The van der Waals surface area contributed by atoms with Crippen molar-refractivity contribution in [3.63, 3.8) is 0 Å². The predicted molar refractivity (Wildman–Crippen MR) is 222 cm³/mol. The van der Waals surface area contributed by atoms with Gasteiger partial charge in [-0.3, -0.25) is 0 Å². The van der Waals surface area contributed by atoms with E-state index in [2.05, 4.69) is 113 Å². The average Bonchev–Trinajstić information content (AvgIpc) is 3.89. The number of halogens is 1. The van der Waals surface area contributed by atoms with Crippen LogP contribution in [0, 0.1) is 11.7 Å². The van der Waals surface area contributed by atoms with E-state index >= 15 is 4.39 Å². The number of fused-ring (bicyclic) bond motifs is 3. The molecule has 52 heavy (non-hydrogen) atoms. The number of benzene rings is 4. The lowest BCUT2D eigenvalue weighted by Crippen LogP contribution is -2.07. The second kappa shape index (κ2) is 14.1. The molecule has 8 rings (SSSR count). The number of aromatic nitrogens is 4. The minimum atomic E-state index is -0.156. The zero-order chi connectivity index (χ0) is 36.1. The predicted octanol–water partition coefficient (Wildman–Crippen LogP) is 12.5. The first-order chi connectivity index (χ1) is 25.2. The summed E-state index contributed by atoms with van der Waals surface area (Å²) >= 11 is 4.56. The van der Waals surface area contributed by atoms with Crippen molar-refractivity contribution in [2.75, 3.05) is 19.0 Å². The molecule has 0 unspecified atom stereocenters. The van der Waals surface area contributed by atoms with E-state index in [0.29, 0.717) is 11.5 Å². The van der Waals surface area contributed by atoms with E-state index in [0.717, 1.165) is 106 Å². The summed E-state index contributed by atoms with van der Waals surface area (Å²) in [5.74, 6) is 0.435. The first kappa shape index (κ1) is 34.5. The molecule has 0 aliphatic rings. The maximum absolute atomic E-state index is 15.4. The number of thiophene rings is 2. The van der Waals surface area contributed by atoms with Crippen molar-refractivity contribution in [1.82, 2.24) is 18.7 Å². The van der Waals surface area contributed by atoms with Crippen molar-refractivity contribution in [3.8, 4) is 43.1 Å². The van der Waals surface area contributed by atoms with Gasteiger partial charge in [-0.2, -0.15) is 8.75 Å². The summed E-state index contributed by atoms with van der Waals surface area (Å²) < 4.78 is 27.4. The standard InChI is InChI=1S/C43H40FN5S3/c1-7-32-33(8-2)46-41-39(37-23-36-35(51-37)22-34(50-36)30-20-11-25(21-31(30)44)10-9-24(3)4)43-42(47-52-48-43)38(40(41)45-32)28-14-12-26(13-15-28)27-16-18-29(19-17-27)49(5)6/h11-24H,7-10H2,1-6H3. The molecular formula is C43H40FN5S3. The Bertz CT molecular complexity index is 2530. The highest BCUT2D eigenvalue weighted by Gasteiger charge is 2.25. The van der Waals surface area contributed by atoms with Crippen molar-refractivity contribution < 1.29 is 4.39 Å². The summed E-state index contributed by atoms with van der Waals surface area (Å²) in [5.41, 5.74) is 13.6. The molecule has 0 aliphatic carbocycles. The monoisotopic (exact) mass is 741 g/mol. The molecule has 0 aliphatic heterocycles. The van der Waals surface area contributed by atoms with E-state index < -0.39 is 0 Å². The molecule has 5 nitrogen and oxygen atoms in total. The third-order valence-electron chi connectivity index (χ3n) is 9.81. The fourth-order valence-corrected chi connectivity index (χ4v) is 9.94. The van der Waals surface area contributed by atoms with Crippen molar-refractivity contribution in [3.05, 3.63) is 102 Å². The SMILES string of the molecule is CCc1nc2c(-c3ccc(-c4ccc(N(C)C)cc4)cc3)c3nsnc3c(-c3cc4sc(-c5ccc(CCC(C)C)cc5F)cc4s3)c2nc1CC. The molecule has 4 aromatic heterocycles. The first-order valence-electron chi connectivity index (χ1n) is 17.9. The van der Waals surface area contributed by atoms with Crippen molar-refractivity contribution in [2.24, 2.45) is 5.92 Å². The van der Waals surface area contributed by atoms with Crippen molar-refractivity contribution in [1.29, 1.82) is 0 Å². The third-order valence-corrected chi connectivity index (χ3v) is 12.7. The second-order valence-corrected chi connectivity index (χ2v) is 16.6. The van der Waals surface area contributed by atoms with Gasteiger partial charge in [0, 0.05) is 55.6 Å². The van der Waals surface area contributed by atoms with Crippen LogP contribution in [0.4, 0.5) is 10.1 Å². The van der Waals surface area contributed by atoms with E-state index in [1.54, 1.807) is 28.7 Å². The van der Waals surface area contributed by atoms with Crippen LogP contribution in [0.5, 0.6) is 0 Å². The minimum absolute atomic E-state index is 0.156. The Morgan fingerprint density at radius 3 is 1.81 bits per heavy atom. The molecule has 0 radical (unpaired) electrons. The number of hydrogen-bond acceptors (Lipinski definition) is 8. The lowest BCUT2D eigenvalue weighted by atomic mass is 9.95. The van der Waals surface area contributed by atoms with Crippen LogP contribution in [0.1, 0.15) is 51.1 Å². The van der Waals surface area contributed by atoms with E-state index in [4.69, 9.17) is 18.7 Å². The van der Waals surface area contributed by atoms with Gasteiger partial charge in [-0.1, -0.05) is 76.2 Å². The first-order valence-corrected chi connectivity index (χ1v) is 20.3.